The number of Topliss-reactive ketones (excluding diaryl/α,β-unsaturated/α-hetero) is 1. The van der Waals surface area contributed by atoms with Crippen LogP contribution in [-0.2, 0) is 25.7 Å². The van der Waals surface area contributed by atoms with Gasteiger partial charge in [-0.15, -0.1) is 0 Å². The van der Waals surface area contributed by atoms with Crippen LogP contribution in [0.2, 0.25) is 0 Å². The molecular formula is C19H27N3O5. The molecule has 0 radical (unpaired) electrons. The second kappa shape index (κ2) is 10.8. The van der Waals surface area contributed by atoms with Gasteiger partial charge in [-0.1, -0.05) is 37.3 Å². The van der Waals surface area contributed by atoms with Crippen LogP contribution in [0.1, 0.15) is 25.3 Å². The smallest absolute Gasteiger partial charge is 0.320 e. The first-order valence-corrected chi connectivity index (χ1v) is 9.14. The van der Waals surface area contributed by atoms with Crippen LogP contribution in [0.5, 0.6) is 0 Å². The van der Waals surface area contributed by atoms with Crippen molar-refractivity contribution >= 4 is 17.7 Å². The van der Waals surface area contributed by atoms with E-state index in [4.69, 9.17) is 4.74 Å². The molecule has 1 aliphatic rings. The average molecular weight is 377 g/mol. The highest BCUT2D eigenvalue weighted by Gasteiger charge is 2.28. The fraction of sp³-hybridized carbons (Fsp3) is 0.526. The number of hydrogen-bond donors (Lipinski definition) is 4. The fourth-order valence-corrected chi connectivity index (χ4v) is 2.78. The molecule has 1 unspecified atom stereocenters. The number of carbonyl (C=O) groups is 3. The molecule has 4 N–H and O–H groups in total. The van der Waals surface area contributed by atoms with Gasteiger partial charge in [0.2, 0.25) is 5.91 Å². The van der Waals surface area contributed by atoms with E-state index in [-0.39, 0.29) is 37.8 Å². The van der Waals surface area contributed by atoms with E-state index in [1.165, 1.54) is 0 Å². The lowest BCUT2D eigenvalue weighted by molar-refractivity contribution is -0.144. The fourth-order valence-electron chi connectivity index (χ4n) is 2.78. The number of hydrogen-bond acceptors (Lipinski definition) is 7. The predicted octanol–water partition coefficient (Wildman–Crippen LogP) is -0.494. The largest absolute Gasteiger partial charge is 0.460 e. The van der Waals surface area contributed by atoms with Crippen molar-refractivity contribution in [3.63, 3.8) is 0 Å². The maximum atomic E-state index is 12.1. The molecule has 1 saturated heterocycles. The van der Waals surface area contributed by atoms with Crippen LogP contribution in [0.3, 0.4) is 0 Å². The van der Waals surface area contributed by atoms with Crippen LogP contribution < -0.4 is 16.0 Å². The van der Waals surface area contributed by atoms with E-state index in [9.17, 15) is 19.5 Å². The number of carbonyl (C=O) groups excluding carboxylic acids is 3. The molecular weight excluding hydrogens is 350 g/mol. The maximum absolute atomic E-state index is 12.1. The summed E-state index contributed by atoms with van der Waals surface area (Å²) in [6.07, 6.45) is 0.0936. The maximum Gasteiger partial charge on any atom is 0.320 e. The first kappa shape index (κ1) is 21.0. The van der Waals surface area contributed by atoms with Crippen molar-refractivity contribution in [2.24, 2.45) is 0 Å². The first-order valence-electron chi connectivity index (χ1n) is 9.14. The zero-order chi connectivity index (χ0) is 19.6. The summed E-state index contributed by atoms with van der Waals surface area (Å²) < 4.78 is 5.17. The average Bonchev–Trinajstić information content (AvgIpc) is 3.13. The summed E-state index contributed by atoms with van der Waals surface area (Å²) in [5.41, 5.74) is 0.880. The summed E-state index contributed by atoms with van der Waals surface area (Å²) in [5, 5.41) is 17.9. The summed E-state index contributed by atoms with van der Waals surface area (Å²) >= 11 is 0. The van der Waals surface area contributed by atoms with E-state index in [0.717, 1.165) is 5.56 Å². The molecule has 1 heterocycles. The van der Waals surface area contributed by atoms with Crippen molar-refractivity contribution < 1.29 is 24.2 Å². The highest BCUT2D eigenvalue weighted by Crippen LogP contribution is 2.06. The number of ether oxygens (including phenoxy) is 1. The van der Waals surface area contributed by atoms with E-state index >= 15 is 0 Å². The minimum Gasteiger partial charge on any atom is -0.460 e. The topological polar surface area (TPSA) is 117 Å². The summed E-state index contributed by atoms with van der Waals surface area (Å²) in [5.74, 6) is -0.848. The number of aliphatic hydroxyl groups excluding tert-OH is 1. The second-order valence-electron chi connectivity index (χ2n) is 6.50. The van der Waals surface area contributed by atoms with Gasteiger partial charge in [0.05, 0.1) is 24.7 Å². The summed E-state index contributed by atoms with van der Waals surface area (Å²) in [6.45, 7) is 2.22. The third kappa shape index (κ3) is 7.09. The molecule has 8 heteroatoms. The van der Waals surface area contributed by atoms with Crippen molar-refractivity contribution in [1.29, 1.82) is 0 Å². The number of rotatable bonds is 10. The minimum absolute atomic E-state index is 0.0751. The molecule has 0 saturated carbocycles. The normalized spacial score (nSPS) is 20.1. The Morgan fingerprint density at radius 1 is 1.30 bits per heavy atom. The summed E-state index contributed by atoms with van der Waals surface area (Å²) in [6, 6.07) is 8.17. The van der Waals surface area contributed by atoms with Gasteiger partial charge in [-0.05, 0) is 12.0 Å². The molecule has 0 bridgehead atoms. The van der Waals surface area contributed by atoms with E-state index in [1.807, 2.05) is 30.3 Å². The number of ketones is 1. The molecule has 0 aromatic heterocycles. The monoisotopic (exact) mass is 377 g/mol. The standard InChI is InChI=1S/C19H27N3O5/c1-2-17(24)16(10-22-19(26)15-8-14(23)9-20-15)21-11-18(25)27-12-13-6-4-3-5-7-13/h3-7,14-16,20-21,23H,2,8-12H2,1H3,(H,22,26)/t14-,15?,16+/m1/s1. The van der Waals surface area contributed by atoms with E-state index in [1.54, 1.807) is 6.92 Å². The van der Waals surface area contributed by atoms with Crippen LogP contribution in [0, 0.1) is 0 Å². The third-order valence-electron chi connectivity index (χ3n) is 4.38. The Morgan fingerprint density at radius 3 is 2.67 bits per heavy atom. The third-order valence-corrected chi connectivity index (χ3v) is 4.38. The van der Waals surface area contributed by atoms with Gasteiger partial charge in [-0.3, -0.25) is 19.7 Å². The molecule has 1 aromatic rings. The number of aliphatic hydroxyl groups is 1. The minimum atomic E-state index is -0.672. The number of benzene rings is 1. The van der Waals surface area contributed by atoms with Gasteiger partial charge < -0.3 is 20.5 Å². The molecule has 8 nitrogen and oxygen atoms in total. The second-order valence-corrected chi connectivity index (χ2v) is 6.50. The van der Waals surface area contributed by atoms with Gasteiger partial charge in [-0.25, -0.2) is 0 Å². The Hall–Kier alpha value is -2.29. The molecule has 1 aromatic carbocycles. The van der Waals surface area contributed by atoms with Gasteiger partial charge in [-0.2, -0.15) is 0 Å². The lowest BCUT2D eigenvalue weighted by Crippen LogP contribution is -2.50. The van der Waals surface area contributed by atoms with Crippen molar-refractivity contribution in [2.75, 3.05) is 19.6 Å². The lowest BCUT2D eigenvalue weighted by atomic mass is 10.1. The van der Waals surface area contributed by atoms with Crippen LogP contribution in [0.15, 0.2) is 30.3 Å². The van der Waals surface area contributed by atoms with Crippen LogP contribution in [0.25, 0.3) is 0 Å². The van der Waals surface area contributed by atoms with Gasteiger partial charge in [0.1, 0.15) is 6.61 Å². The van der Waals surface area contributed by atoms with Crippen molar-refractivity contribution in [3.8, 4) is 0 Å². The Morgan fingerprint density at radius 2 is 2.04 bits per heavy atom. The van der Waals surface area contributed by atoms with E-state index < -0.39 is 24.2 Å². The molecule has 27 heavy (non-hydrogen) atoms. The molecule has 2 rings (SSSR count). The number of esters is 1. The molecule has 148 valence electrons. The zero-order valence-electron chi connectivity index (χ0n) is 15.4. The zero-order valence-corrected chi connectivity index (χ0v) is 15.4. The number of β-amino-alcohol motifs (C(OH)–C–C–N with tert-alkyl or cyclic N) is 1. The SMILES string of the molecule is CCC(=O)[C@H](CNC(=O)C1C[C@@H](O)CN1)NCC(=O)OCc1ccccc1. The predicted molar refractivity (Wildman–Crippen MR) is 98.8 cm³/mol. The highest BCUT2D eigenvalue weighted by molar-refractivity contribution is 5.86. The Labute approximate surface area is 158 Å². The first-order chi connectivity index (χ1) is 13.0. The van der Waals surface area contributed by atoms with E-state index in [0.29, 0.717) is 13.0 Å². The lowest BCUT2D eigenvalue weighted by Gasteiger charge is -2.19. The van der Waals surface area contributed by atoms with Crippen molar-refractivity contribution in [2.45, 2.75) is 44.6 Å². The number of amides is 1. The Kier molecular flexibility index (Phi) is 8.38. The van der Waals surface area contributed by atoms with Crippen LogP contribution in [-0.4, -0.2) is 60.6 Å². The molecule has 3 atom stereocenters. The van der Waals surface area contributed by atoms with E-state index in [2.05, 4.69) is 16.0 Å². The molecule has 1 amide bonds. The molecule has 1 aliphatic heterocycles. The molecule has 0 aliphatic carbocycles. The van der Waals surface area contributed by atoms with Gasteiger partial charge in [0, 0.05) is 19.5 Å². The summed E-state index contributed by atoms with van der Waals surface area (Å²) in [4.78, 5) is 36.1. The van der Waals surface area contributed by atoms with Gasteiger partial charge in [0.15, 0.2) is 5.78 Å². The van der Waals surface area contributed by atoms with Gasteiger partial charge >= 0.3 is 5.97 Å². The van der Waals surface area contributed by atoms with Crippen molar-refractivity contribution in [1.82, 2.24) is 16.0 Å². The Bertz CT molecular complexity index is 637. The number of nitrogens with one attached hydrogen (secondary N) is 3. The Balaban J connectivity index is 1.75. The molecule has 0 spiro atoms. The quantitative estimate of drug-likeness (QED) is 0.406. The van der Waals surface area contributed by atoms with Crippen molar-refractivity contribution in [3.05, 3.63) is 35.9 Å². The summed E-state index contributed by atoms with van der Waals surface area (Å²) in [7, 11) is 0. The van der Waals surface area contributed by atoms with Crippen LogP contribution >= 0.6 is 0 Å². The highest BCUT2D eigenvalue weighted by atomic mass is 16.5. The van der Waals surface area contributed by atoms with Crippen LogP contribution in [0.4, 0.5) is 0 Å². The van der Waals surface area contributed by atoms with Gasteiger partial charge in [0.25, 0.3) is 0 Å². The molecule has 1 fully saturated rings.